The summed E-state index contributed by atoms with van der Waals surface area (Å²) in [6.45, 7) is 21.9. The molecule has 1 aliphatic rings. The number of ketones is 1. The fourth-order valence-corrected chi connectivity index (χ4v) is 8.57. The minimum atomic E-state index is -2.58. The minimum absolute atomic E-state index is 0.0721. The second-order valence-corrected chi connectivity index (χ2v) is 15.1. The zero-order valence-electron chi connectivity index (χ0n) is 17.6. The summed E-state index contributed by atoms with van der Waals surface area (Å²) < 4.78 is 13.4. The summed E-state index contributed by atoms with van der Waals surface area (Å²) >= 11 is 0. The van der Waals surface area contributed by atoms with Crippen LogP contribution in [0.5, 0.6) is 5.75 Å². The molecule has 0 saturated heterocycles. The van der Waals surface area contributed by atoms with Gasteiger partial charge in [-0.3, -0.25) is 4.79 Å². The maximum absolute atomic E-state index is 12.0. The Kier molecular flexibility index (Phi) is 4.80. The lowest BCUT2D eigenvalue weighted by Crippen LogP contribution is -2.61. The van der Waals surface area contributed by atoms with Gasteiger partial charge in [-0.1, -0.05) is 62.3 Å². The second-order valence-electron chi connectivity index (χ2n) is 10.3. The third-order valence-electron chi connectivity index (χ3n) is 5.03. The molecule has 1 heterocycles. The number of benzene rings is 1. The average molecular weight is 363 g/mol. The lowest BCUT2D eigenvalue weighted by molar-refractivity contribution is 0.101. The van der Waals surface area contributed by atoms with Crippen molar-refractivity contribution in [1.82, 2.24) is 0 Å². The van der Waals surface area contributed by atoms with Gasteiger partial charge in [-0.15, -0.1) is 0 Å². The van der Waals surface area contributed by atoms with E-state index in [0.717, 1.165) is 22.4 Å². The van der Waals surface area contributed by atoms with Gasteiger partial charge in [-0.25, -0.2) is 0 Å². The maximum atomic E-state index is 12.0. The molecule has 0 fully saturated rings. The van der Waals surface area contributed by atoms with E-state index in [1.807, 2.05) is 12.1 Å². The summed E-state index contributed by atoms with van der Waals surface area (Å²) in [5.41, 5.74) is 2.72. The van der Waals surface area contributed by atoms with Crippen molar-refractivity contribution in [3.8, 4) is 5.75 Å². The fraction of sp³-hybridized carbons (Fsp3) is 0.667. The molecule has 1 aliphatic heterocycles. The van der Waals surface area contributed by atoms with E-state index >= 15 is 0 Å². The van der Waals surface area contributed by atoms with Gasteiger partial charge >= 0.3 is 8.56 Å². The van der Waals surface area contributed by atoms with E-state index in [9.17, 15) is 4.79 Å². The minimum Gasteiger partial charge on any atom is -0.519 e. The van der Waals surface area contributed by atoms with Gasteiger partial charge in [0.1, 0.15) is 5.75 Å². The monoisotopic (exact) mass is 362 g/mol. The van der Waals surface area contributed by atoms with Crippen LogP contribution in [0.1, 0.15) is 90.7 Å². The molecular formula is C21H34O3Si. The molecule has 0 radical (unpaired) electrons. The van der Waals surface area contributed by atoms with Crippen LogP contribution in [0.2, 0.25) is 10.1 Å². The smallest absolute Gasteiger partial charge is 0.410 e. The van der Waals surface area contributed by atoms with Crippen molar-refractivity contribution in [1.29, 1.82) is 0 Å². The van der Waals surface area contributed by atoms with Crippen LogP contribution in [-0.4, -0.2) is 14.3 Å². The van der Waals surface area contributed by atoms with Gasteiger partial charge in [0.05, 0.1) is 6.61 Å². The van der Waals surface area contributed by atoms with Crippen molar-refractivity contribution >= 4 is 14.3 Å². The predicted octanol–water partition coefficient (Wildman–Crippen LogP) is 6.14. The highest BCUT2D eigenvalue weighted by Crippen LogP contribution is 2.55. The van der Waals surface area contributed by atoms with Gasteiger partial charge in [0.15, 0.2) is 5.78 Å². The highest BCUT2D eigenvalue weighted by Gasteiger charge is 2.62. The molecule has 0 bridgehead atoms. The van der Waals surface area contributed by atoms with Crippen LogP contribution in [-0.2, 0) is 16.4 Å². The molecule has 0 aromatic heterocycles. The van der Waals surface area contributed by atoms with Gasteiger partial charge in [0.25, 0.3) is 0 Å². The molecule has 0 saturated carbocycles. The van der Waals surface area contributed by atoms with E-state index in [1.165, 1.54) is 0 Å². The van der Waals surface area contributed by atoms with Crippen molar-refractivity contribution in [2.45, 2.75) is 91.3 Å². The molecule has 3 nitrogen and oxygen atoms in total. The van der Waals surface area contributed by atoms with Gasteiger partial charge < -0.3 is 8.85 Å². The standard InChI is InChI=1S/C21H34O3Si/c1-14(22)15-11-16-13-23-25(20(5,6)7,21(8,9)10)24-18(16)17(12-15)19(2,3)4/h11-12H,13H2,1-10H3. The molecule has 25 heavy (non-hydrogen) atoms. The highest BCUT2D eigenvalue weighted by atomic mass is 28.4. The van der Waals surface area contributed by atoms with E-state index in [1.54, 1.807) is 6.92 Å². The van der Waals surface area contributed by atoms with Gasteiger partial charge in [0, 0.05) is 21.2 Å². The van der Waals surface area contributed by atoms with E-state index in [0.29, 0.717) is 6.61 Å². The Morgan fingerprint density at radius 3 is 1.88 bits per heavy atom. The number of fused-ring (bicyclic) bond motifs is 1. The Bertz CT molecular complexity index is 671. The molecule has 0 N–H and O–H groups in total. The van der Waals surface area contributed by atoms with Crippen LogP contribution in [0.4, 0.5) is 0 Å². The zero-order valence-corrected chi connectivity index (χ0v) is 18.6. The lowest BCUT2D eigenvalue weighted by atomic mass is 9.83. The van der Waals surface area contributed by atoms with Crippen molar-refractivity contribution < 1.29 is 13.6 Å². The van der Waals surface area contributed by atoms with Crippen LogP contribution >= 0.6 is 0 Å². The number of carbonyl (C=O) groups excluding carboxylic acids is 1. The lowest BCUT2D eigenvalue weighted by Gasteiger charge is -2.51. The van der Waals surface area contributed by atoms with E-state index in [-0.39, 0.29) is 21.3 Å². The Morgan fingerprint density at radius 1 is 0.960 bits per heavy atom. The fourth-order valence-electron chi connectivity index (χ4n) is 3.89. The Hall–Kier alpha value is -1.13. The number of carbonyl (C=O) groups is 1. The number of hydrogen-bond acceptors (Lipinski definition) is 3. The van der Waals surface area contributed by atoms with Gasteiger partial charge in [0.2, 0.25) is 0 Å². The van der Waals surface area contributed by atoms with E-state index < -0.39 is 8.56 Å². The zero-order chi connectivity index (χ0) is 19.4. The summed E-state index contributed by atoms with van der Waals surface area (Å²) in [5.74, 6) is 1.02. The van der Waals surface area contributed by atoms with Crippen LogP contribution in [0.3, 0.4) is 0 Å². The summed E-state index contributed by atoms with van der Waals surface area (Å²) in [6.07, 6.45) is 0. The van der Waals surface area contributed by atoms with E-state index in [2.05, 4.69) is 62.3 Å². The molecular weight excluding hydrogens is 328 g/mol. The van der Waals surface area contributed by atoms with Gasteiger partial charge in [-0.2, -0.15) is 0 Å². The normalized spacial score (nSPS) is 17.7. The molecule has 2 rings (SSSR count). The molecule has 0 unspecified atom stereocenters. The van der Waals surface area contributed by atoms with Crippen molar-refractivity contribution in [3.63, 3.8) is 0 Å². The second kappa shape index (κ2) is 5.95. The summed E-state index contributed by atoms with van der Waals surface area (Å²) in [6, 6.07) is 3.95. The number of Topliss-reactive ketones (excluding diaryl/α,β-unsaturated/α-hetero) is 1. The first-order valence-electron chi connectivity index (χ1n) is 9.11. The van der Waals surface area contributed by atoms with Crippen molar-refractivity contribution in [3.05, 3.63) is 28.8 Å². The molecule has 0 aliphatic carbocycles. The average Bonchev–Trinajstić information content (AvgIpc) is 2.41. The first-order valence-corrected chi connectivity index (χ1v) is 10.9. The van der Waals surface area contributed by atoms with E-state index in [4.69, 9.17) is 8.85 Å². The molecule has 0 spiro atoms. The number of hydrogen-bond donors (Lipinski definition) is 0. The molecule has 0 atom stereocenters. The highest BCUT2D eigenvalue weighted by molar-refractivity contribution is 6.74. The van der Waals surface area contributed by atoms with Crippen LogP contribution in [0.15, 0.2) is 12.1 Å². The van der Waals surface area contributed by atoms with Gasteiger partial charge in [-0.05, 0) is 30.0 Å². The van der Waals surface area contributed by atoms with Crippen LogP contribution < -0.4 is 4.43 Å². The predicted molar refractivity (Wildman–Crippen MR) is 106 cm³/mol. The largest absolute Gasteiger partial charge is 0.519 e. The summed E-state index contributed by atoms with van der Waals surface area (Å²) in [4.78, 5) is 12.0. The van der Waals surface area contributed by atoms with Crippen molar-refractivity contribution in [2.24, 2.45) is 0 Å². The topological polar surface area (TPSA) is 35.5 Å². The first-order chi connectivity index (χ1) is 11.1. The molecule has 1 aromatic carbocycles. The summed E-state index contributed by atoms with van der Waals surface area (Å²) in [7, 11) is -2.58. The number of rotatable bonds is 1. The van der Waals surface area contributed by atoms with Crippen LogP contribution in [0, 0.1) is 0 Å². The Morgan fingerprint density at radius 2 is 1.48 bits per heavy atom. The molecule has 1 aromatic rings. The van der Waals surface area contributed by atoms with Crippen molar-refractivity contribution in [2.75, 3.05) is 0 Å². The van der Waals surface area contributed by atoms with Crippen LogP contribution in [0.25, 0.3) is 0 Å². The Labute approximate surface area is 154 Å². The quantitative estimate of drug-likeness (QED) is 0.445. The SMILES string of the molecule is CC(=O)c1cc2c(c(C(C)(C)C)c1)O[Si](C(C)(C)C)(C(C)(C)C)OC2. The third-order valence-corrected chi connectivity index (χ3v) is 10.0. The Balaban J connectivity index is 2.73. The molecule has 0 amide bonds. The maximum Gasteiger partial charge on any atom is 0.410 e. The molecule has 4 heteroatoms. The first kappa shape index (κ1) is 20.2. The third kappa shape index (κ3) is 3.43. The summed E-state index contributed by atoms with van der Waals surface area (Å²) in [5, 5.41) is -0.144. The molecule has 140 valence electrons.